The molecule has 1 aliphatic heterocycles. The van der Waals surface area contributed by atoms with Gasteiger partial charge in [0.25, 0.3) is 0 Å². The molecule has 110 valence electrons. The van der Waals surface area contributed by atoms with Crippen molar-refractivity contribution in [1.82, 2.24) is 0 Å². The monoisotopic (exact) mass is 280 g/mol. The van der Waals surface area contributed by atoms with Crippen LogP contribution in [0.5, 0.6) is 0 Å². The molecule has 0 aromatic heterocycles. The van der Waals surface area contributed by atoms with Gasteiger partial charge in [-0.3, -0.25) is 0 Å². The second-order valence-corrected chi connectivity index (χ2v) is 5.30. The molecule has 1 aliphatic rings. The molecule has 1 aromatic carbocycles. The van der Waals surface area contributed by atoms with Crippen molar-refractivity contribution in [3.63, 3.8) is 0 Å². The molecule has 4 nitrogen and oxygen atoms in total. The van der Waals surface area contributed by atoms with E-state index < -0.39 is 5.97 Å². The molecule has 0 radical (unpaired) electrons. The Morgan fingerprint density at radius 2 is 2.30 bits per heavy atom. The number of nitrogens with two attached hydrogens (primary N) is 1. The molecule has 0 amide bonds. The number of hydrogen-bond donors (Lipinski definition) is 1. The van der Waals surface area contributed by atoms with Gasteiger partial charge in [0, 0.05) is 18.8 Å². The van der Waals surface area contributed by atoms with Gasteiger partial charge in [0.15, 0.2) is 0 Å². The topological polar surface area (TPSA) is 55.6 Å². The summed E-state index contributed by atoms with van der Waals surface area (Å²) in [5.41, 5.74) is 6.52. The minimum atomic E-state index is -0.503. The number of ether oxygens (including phenoxy) is 1. The fourth-order valence-corrected chi connectivity index (χ4v) is 2.61. The summed E-state index contributed by atoms with van der Waals surface area (Å²) in [6.45, 7) is 5.74. The number of piperidine rings is 1. The van der Waals surface area contributed by atoms with Crippen LogP contribution >= 0.6 is 0 Å². The van der Waals surface area contributed by atoms with Crippen LogP contribution in [0.3, 0.4) is 0 Å². The van der Waals surface area contributed by atoms with E-state index in [1.165, 1.54) is 12.1 Å². The third-order valence-corrected chi connectivity index (χ3v) is 3.61. The molecule has 0 bridgehead atoms. The van der Waals surface area contributed by atoms with E-state index in [2.05, 4.69) is 6.92 Å². The van der Waals surface area contributed by atoms with Crippen molar-refractivity contribution < 1.29 is 13.9 Å². The van der Waals surface area contributed by atoms with Crippen LogP contribution in [-0.4, -0.2) is 25.7 Å². The van der Waals surface area contributed by atoms with Gasteiger partial charge in [-0.15, -0.1) is 0 Å². The van der Waals surface area contributed by atoms with Crippen molar-refractivity contribution in [2.45, 2.75) is 26.7 Å². The lowest BCUT2D eigenvalue weighted by Gasteiger charge is -2.33. The largest absolute Gasteiger partial charge is 0.462 e. The summed E-state index contributed by atoms with van der Waals surface area (Å²) in [4.78, 5) is 13.8. The first-order chi connectivity index (χ1) is 9.52. The number of carbonyl (C=O) groups is 1. The summed E-state index contributed by atoms with van der Waals surface area (Å²) in [5, 5.41) is 0. The number of anilines is 2. The zero-order chi connectivity index (χ0) is 14.7. The van der Waals surface area contributed by atoms with Gasteiger partial charge < -0.3 is 15.4 Å². The van der Waals surface area contributed by atoms with Gasteiger partial charge in [-0.25, -0.2) is 9.18 Å². The molecule has 0 aliphatic carbocycles. The normalized spacial score (nSPS) is 18.9. The maximum Gasteiger partial charge on any atom is 0.340 e. The van der Waals surface area contributed by atoms with E-state index in [4.69, 9.17) is 10.5 Å². The Balaban J connectivity index is 2.33. The Hall–Kier alpha value is -1.78. The van der Waals surface area contributed by atoms with Gasteiger partial charge >= 0.3 is 5.97 Å². The quantitative estimate of drug-likeness (QED) is 0.683. The minimum Gasteiger partial charge on any atom is -0.462 e. The highest BCUT2D eigenvalue weighted by molar-refractivity contribution is 5.96. The Morgan fingerprint density at radius 3 is 2.95 bits per heavy atom. The van der Waals surface area contributed by atoms with Crippen LogP contribution in [0.2, 0.25) is 0 Å². The van der Waals surface area contributed by atoms with Crippen LogP contribution in [0.15, 0.2) is 12.1 Å². The first kappa shape index (κ1) is 14.6. The van der Waals surface area contributed by atoms with Crippen molar-refractivity contribution in [3.05, 3.63) is 23.5 Å². The standard InChI is InChI=1S/C15H21FN2O2/c1-3-20-15(19)11-7-14(12(16)8-13(11)17)18-6-4-5-10(2)9-18/h7-8,10H,3-6,9,17H2,1-2H3. The number of benzene rings is 1. The van der Waals surface area contributed by atoms with E-state index in [1.54, 1.807) is 6.92 Å². The number of carbonyl (C=O) groups excluding carboxylic acids is 1. The highest BCUT2D eigenvalue weighted by Gasteiger charge is 2.22. The van der Waals surface area contributed by atoms with Gasteiger partial charge in [0.1, 0.15) is 5.82 Å². The van der Waals surface area contributed by atoms with Crippen molar-refractivity contribution >= 4 is 17.3 Å². The van der Waals surface area contributed by atoms with Crippen molar-refractivity contribution in [2.75, 3.05) is 30.3 Å². The van der Waals surface area contributed by atoms with Crippen LogP contribution in [0.25, 0.3) is 0 Å². The number of nitrogens with zero attached hydrogens (tertiary/aromatic N) is 1. The Bertz CT molecular complexity index is 505. The van der Waals surface area contributed by atoms with E-state index >= 15 is 0 Å². The van der Waals surface area contributed by atoms with Gasteiger partial charge in [-0.1, -0.05) is 6.92 Å². The lowest BCUT2D eigenvalue weighted by molar-refractivity contribution is 0.0527. The average molecular weight is 280 g/mol. The first-order valence-corrected chi connectivity index (χ1v) is 7.04. The van der Waals surface area contributed by atoms with Crippen LogP contribution in [0, 0.1) is 11.7 Å². The highest BCUT2D eigenvalue weighted by Crippen LogP contribution is 2.29. The number of esters is 1. The maximum atomic E-state index is 14.1. The number of halogens is 1. The lowest BCUT2D eigenvalue weighted by Crippen LogP contribution is -2.35. The van der Waals surface area contributed by atoms with Crippen molar-refractivity contribution in [2.24, 2.45) is 5.92 Å². The average Bonchev–Trinajstić information content (AvgIpc) is 2.39. The Kier molecular flexibility index (Phi) is 4.47. The van der Waals surface area contributed by atoms with Crippen LogP contribution in [-0.2, 0) is 4.74 Å². The van der Waals surface area contributed by atoms with Crippen LogP contribution in [0.1, 0.15) is 37.0 Å². The van der Waals surface area contributed by atoms with Gasteiger partial charge in [0.05, 0.1) is 17.9 Å². The van der Waals surface area contributed by atoms with E-state index in [1.807, 2.05) is 4.90 Å². The second kappa shape index (κ2) is 6.11. The third-order valence-electron chi connectivity index (χ3n) is 3.61. The maximum absolute atomic E-state index is 14.1. The molecule has 1 aromatic rings. The molecule has 1 atom stereocenters. The fourth-order valence-electron chi connectivity index (χ4n) is 2.61. The Morgan fingerprint density at radius 1 is 1.55 bits per heavy atom. The zero-order valence-corrected chi connectivity index (χ0v) is 12.0. The summed E-state index contributed by atoms with van der Waals surface area (Å²) < 4.78 is 19.1. The van der Waals surface area contributed by atoms with E-state index in [0.717, 1.165) is 25.9 Å². The molecule has 2 rings (SSSR count). The smallest absolute Gasteiger partial charge is 0.340 e. The van der Waals surface area contributed by atoms with Gasteiger partial charge in [0.2, 0.25) is 0 Å². The molecule has 2 N–H and O–H groups in total. The summed E-state index contributed by atoms with van der Waals surface area (Å²) in [7, 11) is 0. The molecular weight excluding hydrogens is 259 g/mol. The first-order valence-electron chi connectivity index (χ1n) is 7.04. The SMILES string of the molecule is CCOC(=O)c1cc(N2CCCC(C)C2)c(F)cc1N. The summed E-state index contributed by atoms with van der Waals surface area (Å²) in [6.07, 6.45) is 2.18. The number of rotatable bonds is 3. The molecule has 1 unspecified atom stereocenters. The number of hydrogen-bond acceptors (Lipinski definition) is 4. The third kappa shape index (κ3) is 3.03. The molecule has 5 heteroatoms. The zero-order valence-electron chi connectivity index (χ0n) is 12.0. The predicted molar refractivity (Wildman–Crippen MR) is 77.4 cm³/mol. The number of nitrogen functional groups attached to an aromatic ring is 1. The molecule has 1 fully saturated rings. The molecule has 0 saturated carbocycles. The van der Waals surface area contributed by atoms with Gasteiger partial charge in [-0.2, -0.15) is 0 Å². The summed E-state index contributed by atoms with van der Waals surface area (Å²) in [6, 6.07) is 2.72. The summed E-state index contributed by atoms with van der Waals surface area (Å²) in [5.74, 6) is -0.368. The molecule has 1 saturated heterocycles. The van der Waals surface area contributed by atoms with Gasteiger partial charge in [-0.05, 0) is 37.8 Å². The summed E-state index contributed by atoms with van der Waals surface area (Å²) >= 11 is 0. The molecule has 1 heterocycles. The van der Waals surface area contributed by atoms with E-state index in [-0.39, 0.29) is 23.7 Å². The lowest BCUT2D eigenvalue weighted by atomic mass is 9.99. The van der Waals surface area contributed by atoms with Crippen LogP contribution in [0.4, 0.5) is 15.8 Å². The predicted octanol–water partition coefficient (Wildman–Crippen LogP) is 2.82. The van der Waals surface area contributed by atoms with Crippen molar-refractivity contribution in [1.29, 1.82) is 0 Å². The minimum absolute atomic E-state index is 0.120. The Labute approximate surface area is 118 Å². The van der Waals surface area contributed by atoms with Crippen molar-refractivity contribution in [3.8, 4) is 0 Å². The second-order valence-electron chi connectivity index (χ2n) is 5.30. The molecular formula is C15H21FN2O2. The van der Waals surface area contributed by atoms with E-state index in [9.17, 15) is 9.18 Å². The van der Waals surface area contributed by atoms with E-state index in [0.29, 0.717) is 11.6 Å². The highest BCUT2D eigenvalue weighted by atomic mass is 19.1. The molecule has 0 spiro atoms. The van der Waals surface area contributed by atoms with Crippen LogP contribution < -0.4 is 10.6 Å². The fraction of sp³-hybridized carbons (Fsp3) is 0.533. The molecule has 20 heavy (non-hydrogen) atoms.